The lowest BCUT2D eigenvalue weighted by Crippen LogP contribution is -2.06. The van der Waals surface area contributed by atoms with Gasteiger partial charge in [-0.05, 0) is 13.8 Å². The van der Waals surface area contributed by atoms with Crippen molar-refractivity contribution < 1.29 is 0 Å². The first-order chi connectivity index (χ1) is 7.66. The molecule has 2 heterocycles. The van der Waals surface area contributed by atoms with Crippen molar-refractivity contribution in [3.8, 4) is 0 Å². The van der Waals surface area contributed by atoms with Gasteiger partial charge in [-0.1, -0.05) is 11.6 Å². The van der Waals surface area contributed by atoms with E-state index in [-0.39, 0.29) is 0 Å². The van der Waals surface area contributed by atoms with Crippen LogP contribution in [0.4, 0.5) is 5.82 Å². The number of hydrogen-bond acceptors (Lipinski definition) is 4. The second-order valence-corrected chi connectivity index (χ2v) is 3.82. The highest BCUT2D eigenvalue weighted by Gasteiger charge is 2.06. The Balaban J connectivity index is 2.15. The van der Waals surface area contributed by atoms with E-state index >= 15 is 0 Å². The fourth-order valence-electron chi connectivity index (χ4n) is 1.33. The molecule has 0 saturated heterocycles. The summed E-state index contributed by atoms with van der Waals surface area (Å²) in [5, 5.41) is 3.68. The van der Waals surface area contributed by atoms with E-state index < -0.39 is 0 Å². The zero-order valence-corrected chi connectivity index (χ0v) is 9.84. The van der Waals surface area contributed by atoms with Crippen LogP contribution in [0.3, 0.4) is 0 Å². The van der Waals surface area contributed by atoms with Crippen LogP contribution >= 0.6 is 11.6 Å². The van der Waals surface area contributed by atoms with Crippen molar-refractivity contribution in [1.29, 1.82) is 0 Å². The number of hydrogen-bond donors (Lipinski definition) is 2. The van der Waals surface area contributed by atoms with Gasteiger partial charge in [-0.2, -0.15) is 0 Å². The maximum absolute atomic E-state index is 5.97. The number of H-pyrrole nitrogens is 1. The molecule has 2 rings (SSSR count). The lowest BCUT2D eigenvalue weighted by Gasteiger charge is -2.09. The molecule has 6 heteroatoms. The number of nitrogens with one attached hydrogen (secondary N) is 2. The van der Waals surface area contributed by atoms with Crippen LogP contribution < -0.4 is 5.32 Å². The standard InChI is InChI=1S/C10H12ClN5/c1-6-9(11)15-7(2)16-10(6)13-4-8-3-12-5-14-8/h3,5H,4H2,1-2H3,(H,12,14)(H,13,15,16). The molecular formula is C10H12ClN5. The molecule has 0 radical (unpaired) electrons. The van der Waals surface area contributed by atoms with Gasteiger partial charge in [0.1, 0.15) is 16.8 Å². The number of aromatic nitrogens is 4. The summed E-state index contributed by atoms with van der Waals surface area (Å²) in [7, 11) is 0. The Kier molecular flexibility index (Phi) is 3.05. The molecule has 0 spiro atoms. The minimum atomic E-state index is 0.486. The van der Waals surface area contributed by atoms with Crippen LogP contribution in [0.15, 0.2) is 12.5 Å². The molecule has 0 bridgehead atoms. The molecule has 0 unspecified atom stereocenters. The molecule has 0 amide bonds. The van der Waals surface area contributed by atoms with Gasteiger partial charge in [0.2, 0.25) is 0 Å². The molecule has 5 nitrogen and oxygen atoms in total. The number of rotatable bonds is 3. The van der Waals surface area contributed by atoms with Crippen LogP contribution in [0.25, 0.3) is 0 Å². The summed E-state index contributed by atoms with van der Waals surface area (Å²) >= 11 is 5.97. The molecule has 0 aliphatic rings. The molecule has 2 N–H and O–H groups in total. The van der Waals surface area contributed by atoms with E-state index in [9.17, 15) is 0 Å². The highest BCUT2D eigenvalue weighted by molar-refractivity contribution is 6.30. The van der Waals surface area contributed by atoms with E-state index in [2.05, 4.69) is 25.3 Å². The average molecular weight is 238 g/mol. The molecule has 0 saturated carbocycles. The fraction of sp³-hybridized carbons (Fsp3) is 0.300. The maximum Gasteiger partial charge on any atom is 0.137 e. The fourth-order valence-corrected chi connectivity index (χ4v) is 1.54. The number of imidazole rings is 1. The third kappa shape index (κ3) is 2.30. The van der Waals surface area contributed by atoms with Crippen molar-refractivity contribution in [2.24, 2.45) is 0 Å². The van der Waals surface area contributed by atoms with Crippen molar-refractivity contribution in [1.82, 2.24) is 19.9 Å². The van der Waals surface area contributed by atoms with Crippen LogP contribution in [0, 0.1) is 13.8 Å². The number of aromatic amines is 1. The predicted molar refractivity (Wildman–Crippen MR) is 62.4 cm³/mol. The molecule has 0 fully saturated rings. The summed E-state index contributed by atoms with van der Waals surface area (Å²) in [4.78, 5) is 15.3. The predicted octanol–water partition coefficient (Wildman–Crippen LogP) is 2.08. The Morgan fingerprint density at radius 1 is 1.38 bits per heavy atom. The summed E-state index contributed by atoms with van der Waals surface area (Å²) in [5.41, 5.74) is 1.85. The summed E-state index contributed by atoms with van der Waals surface area (Å²) in [6.07, 6.45) is 3.40. The second kappa shape index (κ2) is 4.49. The van der Waals surface area contributed by atoms with Gasteiger partial charge in [-0.15, -0.1) is 0 Å². The normalized spacial score (nSPS) is 10.4. The summed E-state index contributed by atoms with van der Waals surface area (Å²) in [6.45, 7) is 4.33. The van der Waals surface area contributed by atoms with Gasteiger partial charge < -0.3 is 10.3 Å². The Morgan fingerprint density at radius 2 is 2.19 bits per heavy atom. The van der Waals surface area contributed by atoms with Gasteiger partial charge in [0.05, 0.1) is 18.6 Å². The highest BCUT2D eigenvalue weighted by atomic mass is 35.5. The average Bonchev–Trinajstić information content (AvgIpc) is 2.74. The first kappa shape index (κ1) is 10.9. The third-order valence-electron chi connectivity index (χ3n) is 2.20. The number of halogens is 1. The van der Waals surface area contributed by atoms with Gasteiger partial charge >= 0.3 is 0 Å². The molecule has 2 aromatic heterocycles. The van der Waals surface area contributed by atoms with Gasteiger partial charge in [0.25, 0.3) is 0 Å². The van der Waals surface area contributed by atoms with Crippen molar-refractivity contribution in [2.75, 3.05) is 5.32 Å². The number of aryl methyl sites for hydroxylation is 1. The summed E-state index contributed by atoms with van der Waals surface area (Å²) in [6, 6.07) is 0. The minimum absolute atomic E-state index is 0.486. The molecule has 0 aliphatic heterocycles. The Morgan fingerprint density at radius 3 is 2.88 bits per heavy atom. The molecule has 0 aliphatic carbocycles. The molecule has 0 aromatic carbocycles. The zero-order chi connectivity index (χ0) is 11.5. The molecular weight excluding hydrogens is 226 g/mol. The largest absolute Gasteiger partial charge is 0.364 e. The van der Waals surface area contributed by atoms with E-state index in [4.69, 9.17) is 11.6 Å². The zero-order valence-electron chi connectivity index (χ0n) is 9.08. The van der Waals surface area contributed by atoms with E-state index in [1.807, 2.05) is 13.8 Å². The summed E-state index contributed by atoms with van der Waals surface area (Å²) in [5.74, 6) is 1.41. The van der Waals surface area contributed by atoms with E-state index in [1.54, 1.807) is 12.5 Å². The van der Waals surface area contributed by atoms with Crippen molar-refractivity contribution in [3.63, 3.8) is 0 Å². The van der Waals surface area contributed by atoms with E-state index in [1.165, 1.54) is 0 Å². The lowest BCUT2D eigenvalue weighted by molar-refractivity contribution is 0.989. The minimum Gasteiger partial charge on any atom is -0.364 e. The van der Waals surface area contributed by atoms with Crippen LogP contribution in [0.1, 0.15) is 17.1 Å². The van der Waals surface area contributed by atoms with E-state index in [0.717, 1.165) is 17.1 Å². The first-order valence-corrected chi connectivity index (χ1v) is 5.26. The Bertz CT molecular complexity index is 480. The van der Waals surface area contributed by atoms with Crippen LogP contribution in [0.5, 0.6) is 0 Å². The quantitative estimate of drug-likeness (QED) is 0.803. The SMILES string of the molecule is Cc1nc(Cl)c(C)c(NCc2cnc[nH]2)n1. The molecule has 84 valence electrons. The van der Waals surface area contributed by atoms with Crippen molar-refractivity contribution >= 4 is 17.4 Å². The van der Waals surface area contributed by atoms with Crippen molar-refractivity contribution in [2.45, 2.75) is 20.4 Å². The van der Waals surface area contributed by atoms with Crippen LogP contribution in [-0.4, -0.2) is 19.9 Å². The Labute approximate surface area is 98.3 Å². The Hall–Kier alpha value is -1.62. The molecule has 0 atom stereocenters. The van der Waals surface area contributed by atoms with Crippen LogP contribution in [-0.2, 0) is 6.54 Å². The maximum atomic E-state index is 5.97. The topological polar surface area (TPSA) is 66.5 Å². The number of anilines is 1. The summed E-state index contributed by atoms with van der Waals surface area (Å²) < 4.78 is 0. The van der Waals surface area contributed by atoms with E-state index in [0.29, 0.717) is 17.5 Å². The number of nitrogens with zero attached hydrogens (tertiary/aromatic N) is 3. The highest BCUT2D eigenvalue weighted by Crippen LogP contribution is 2.19. The van der Waals surface area contributed by atoms with Gasteiger partial charge in [-0.3, -0.25) is 0 Å². The first-order valence-electron chi connectivity index (χ1n) is 4.88. The van der Waals surface area contributed by atoms with Gasteiger partial charge in [0.15, 0.2) is 0 Å². The van der Waals surface area contributed by atoms with Gasteiger partial charge in [-0.25, -0.2) is 15.0 Å². The lowest BCUT2D eigenvalue weighted by atomic mass is 10.3. The van der Waals surface area contributed by atoms with Crippen molar-refractivity contribution in [3.05, 3.63) is 34.8 Å². The second-order valence-electron chi connectivity index (χ2n) is 3.47. The smallest absolute Gasteiger partial charge is 0.137 e. The third-order valence-corrected chi connectivity index (χ3v) is 2.57. The van der Waals surface area contributed by atoms with Gasteiger partial charge in [0, 0.05) is 11.8 Å². The van der Waals surface area contributed by atoms with Crippen LogP contribution in [0.2, 0.25) is 5.15 Å². The molecule has 16 heavy (non-hydrogen) atoms. The monoisotopic (exact) mass is 237 g/mol. The molecule has 2 aromatic rings.